The summed E-state index contributed by atoms with van der Waals surface area (Å²) in [7, 11) is 0. The molecule has 6 nitrogen and oxygen atoms in total. The smallest absolute Gasteiger partial charge is 0.306 e. The Bertz CT molecular complexity index is 1570. The minimum atomic E-state index is -0.859. The van der Waals surface area contributed by atoms with Gasteiger partial charge in [0.05, 0.1) is 0 Å². The van der Waals surface area contributed by atoms with Crippen molar-refractivity contribution in [1.29, 1.82) is 0 Å². The van der Waals surface area contributed by atoms with E-state index in [9.17, 15) is 14.4 Å². The molecule has 0 amide bonds. The van der Waals surface area contributed by atoms with E-state index in [1.165, 1.54) is 44.9 Å². The van der Waals surface area contributed by atoms with Gasteiger partial charge in [0.15, 0.2) is 6.10 Å². The molecule has 0 saturated heterocycles. The van der Waals surface area contributed by atoms with Gasteiger partial charge < -0.3 is 14.2 Å². The van der Waals surface area contributed by atoms with Gasteiger partial charge in [-0.05, 0) is 109 Å². The van der Waals surface area contributed by atoms with Crippen molar-refractivity contribution in [2.75, 3.05) is 13.2 Å². The molecule has 0 saturated carbocycles. The first-order valence-corrected chi connectivity index (χ1v) is 26.0. The lowest BCUT2D eigenvalue weighted by molar-refractivity contribution is -0.166. The number of allylic oxidation sites excluding steroid dienone is 26. The normalized spacial score (nSPS) is 13.4. The van der Waals surface area contributed by atoms with Crippen molar-refractivity contribution in [3.05, 3.63) is 158 Å². The molecule has 0 radical (unpaired) electrons. The molecule has 67 heavy (non-hydrogen) atoms. The highest BCUT2D eigenvalue weighted by molar-refractivity contribution is 5.71. The minimum Gasteiger partial charge on any atom is -0.462 e. The van der Waals surface area contributed by atoms with Crippen molar-refractivity contribution in [2.24, 2.45) is 0 Å². The number of carbonyl (C=O) groups is 3. The molecule has 6 heteroatoms. The van der Waals surface area contributed by atoms with Gasteiger partial charge in [0, 0.05) is 19.3 Å². The number of rotatable bonds is 44. The van der Waals surface area contributed by atoms with Gasteiger partial charge in [-0.15, -0.1) is 0 Å². The van der Waals surface area contributed by atoms with Crippen LogP contribution in [0.25, 0.3) is 0 Å². The highest BCUT2D eigenvalue weighted by Crippen LogP contribution is 2.10. The molecule has 1 unspecified atom stereocenters. The molecule has 0 aromatic carbocycles. The fourth-order valence-electron chi connectivity index (χ4n) is 6.26. The SMILES string of the molecule is CC/C=C/C=C/C=C/C=C/CCCCCC(=O)OCC(COC(=O)CC/C=C/C/C=C/C/C=C/C/C=C/C/C=C/C/C=C/CC)OC(=O)CCC/C=C/C/C=C/C/C=C/CCCCCCCC. The van der Waals surface area contributed by atoms with E-state index in [4.69, 9.17) is 14.2 Å². The average Bonchev–Trinajstić information content (AvgIpc) is 3.33. The van der Waals surface area contributed by atoms with Crippen LogP contribution >= 0.6 is 0 Å². The van der Waals surface area contributed by atoms with E-state index in [1.807, 2.05) is 48.6 Å². The molecule has 0 aliphatic heterocycles. The van der Waals surface area contributed by atoms with Crippen molar-refractivity contribution in [3.8, 4) is 0 Å². The zero-order chi connectivity index (χ0) is 48.6. The van der Waals surface area contributed by atoms with Crippen molar-refractivity contribution in [2.45, 2.75) is 194 Å². The largest absolute Gasteiger partial charge is 0.462 e. The van der Waals surface area contributed by atoms with Crippen molar-refractivity contribution < 1.29 is 28.6 Å². The lowest BCUT2D eigenvalue weighted by Gasteiger charge is -2.18. The highest BCUT2D eigenvalue weighted by atomic mass is 16.6. The van der Waals surface area contributed by atoms with Gasteiger partial charge >= 0.3 is 17.9 Å². The van der Waals surface area contributed by atoms with Gasteiger partial charge in [-0.1, -0.05) is 217 Å². The summed E-state index contributed by atoms with van der Waals surface area (Å²) >= 11 is 0. The Morgan fingerprint density at radius 2 is 0.701 bits per heavy atom. The molecule has 372 valence electrons. The van der Waals surface area contributed by atoms with E-state index in [0.29, 0.717) is 19.3 Å². The number of carbonyl (C=O) groups excluding carboxylic acids is 3. The van der Waals surface area contributed by atoms with Crippen LogP contribution < -0.4 is 0 Å². The number of hydrogen-bond donors (Lipinski definition) is 0. The quantitative estimate of drug-likeness (QED) is 0.0199. The molecule has 0 heterocycles. The second kappa shape index (κ2) is 53.6. The summed E-state index contributed by atoms with van der Waals surface area (Å²) in [6.07, 6.45) is 78.2. The third kappa shape index (κ3) is 51.9. The van der Waals surface area contributed by atoms with Crippen LogP contribution in [0.5, 0.6) is 0 Å². The number of hydrogen-bond acceptors (Lipinski definition) is 6. The lowest BCUT2D eigenvalue weighted by atomic mass is 10.1. The van der Waals surface area contributed by atoms with Gasteiger partial charge in [-0.25, -0.2) is 0 Å². The third-order valence-corrected chi connectivity index (χ3v) is 10.1. The van der Waals surface area contributed by atoms with Crippen LogP contribution in [0.1, 0.15) is 188 Å². The maximum atomic E-state index is 12.8. The van der Waals surface area contributed by atoms with Gasteiger partial charge in [-0.2, -0.15) is 0 Å². The molecule has 0 bridgehead atoms. The number of unbranched alkanes of at least 4 members (excludes halogenated alkanes) is 10. The summed E-state index contributed by atoms with van der Waals surface area (Å²) in [5, 5.41) is 0. The Balaban J connectivity index is 4.66. The fraction of sp³-hybridized carbons (Fsp3) is 0.525. The summed E-state index contributed by atoms with van der Waals surface area (Å²) in [5.41, 5.74) is 0. The van der Waals surface area contributed by atoms with Crippen LogP contribution in [-0.4, -0.2) is 37.2 Å². The first kappa shape index (κ1) is 62.0. The second-order valence-corrected chi connectivity index (χ2v) is 16.4. The van der Waals surface area contributed by atoms with Crippen LogP contribution in [0.2, 0.25) is 0 Å². The number of esters is 3. The maximum Gasteiger partial charge on any atom is 0.306 e. The van der Waals surface area contributed by atoms with Crippen LogP contribution in [-0.2, 0) is 28.6 Å². The Morgan fingerprint density at radius 3 is 1.22 bits per heavy atom. The molecule has 0 spiro atoms. The Labute approximate surface area is 409 Å². The van der Waals surface area contributed by atoms with Crippen molar-refractivity contribution in [1.82, 2.24) is 0 Å². The van der Waals surface area contributed by atoms with Crippen LogP contribution in [0, 0.1) is 0 Å². The monoisotopic (exact) mass is 921 g/mol. The van der Waals surface area contributed by atoms with Gasteiger partial charge in [-0.3, -0.25) is 14.4 Å². The topological polar surface area (TPSA) is 78.9 Å². The van der Waals surface area contributed by atoms with Gasteiger partial charge in [0.2, 0.25) is 0 Å². The highest BCUT2D eigenvalue weighted by Gasteiger charge is 2.19. The minimum absolute atomic E-state index is 0.150. The third-order valence-electron chi connectivity index (χ3n) is 10.1. The molecule has 0 aliphatic carbocycles. The lowest BCUT2D eigenvalue weighted by Crippen LogP contribution is -2.30. The molecule has 0 aromatic rings. The Hall–Kier alpha value is -4.97. The predicted octanol–water partition coefficient (Wildman–Crippen LogP) is 17.4. The van der Waals surface area contributed by atoms with E-state index >= 15 is 0 Å². The van der Waals surface area contributed by atoms with E-state index in [-0.39, 0.29) is 44.4 Å². The first-order valence-electron chi connectivity index (χ1n) is 26.0. The zero-order valence-corrected chi connectivity index (χ0v) is 42.3. The van der Waals surface area contributed by atoms with Gasteiger partial charge in [0.25, 0.3) is 0 Å². The molecule has 0 aromatic heterocycles. The Morgan fingerprint density at radius 1 is 0.328 bits per heavy atom. The van der Waals surface area contributed by atoms with Crippen LogP contribution in [0.15, 0.2) is 158 Å². The zero-order valence-electron chi connectivity index (χ0n) is 42.3. The Kier molecular flexibility index (Phi) is 49.7. The summed E-state index contributed by atoms with van der Waals surface area (Å²) in [6.45, 7) is 6.20. The molecule has 0 rings (SSSR count). The molecule has 0 aliphatic rings. The average molecular weight is 921 g/mol. The summed E-state index contributed by atoms with van der Waals surface area (Å²) in [4.78, 5) is 37.9. The van der Waals surface area contributed by atoms with E-state index in [0.717, 1.165) is 83.5 Å². The molecule has 1 atom stereocenters. The maximum absolute atomic E-state index is 12.8. The first-order chi connectivity index (χ1) is 33.0. The van der Waals surface area contributed by atoms with E-state index in [2.05, 4.69) is 130 Å². The van der Waals surface area contributed by atoms with Crippen LogP contribution in [0.4, 0.5) is 0 Å². The summed E-state index contributed by atoms with van der Waals surface area (Å²) in [6, 6.07) is 0. The van der Waals surface area contributed by atoms with Gasteiger partial charge in [0.1, 0.15) is 13.2 Å². The van der Waals surface area contributed by atoms with Crippen LogP contribution in [0.3, 0.4) is 0 Å². The van der Waals surface area contributed by atoms with E-state index < -0.39 is 12.1 Å². The summed E-state index contributed by atoms with van der Waals surface area (Å²) < 4.78 is 16.6. The standard InChI is InChI=1S/C61H92O6/c1-4-7-10-13-16-19-22-25-27-29-30-32-33-36-39-42-45-48-51-54-60(63)66-57-58(56-65-59(62)53-50-47-44-41-38-35-24-21-18-15-12-9-6-3)67-61(64)55-52-49-46-43-40-37-34-31-28-26-23-20-17-14-11-8-5-2/h7,9-10,12,15-16,18-19,21,24-28,30,32,34-39,43,45-46,48,58H,4-6,8,11,13-14,17,20,22-23,29,31,33,40-42,44,47,49-57H2,1-3H3/b10-7+,12-9+,18-15+,19-16+,24-21+,27-25+,28-26+,32-30+,37-34+,38-35+,39-36+,46-43+,48-45+. The molecular weight excluding hydrogens is 829 g/mol. The molecule has 0 N–H and O–H groups in total. The van der Waals surface area contributed by atoms with Crippen molar-refractivity contribution in [3.63, 3.8) is 0 Å². The summed E-state index contributed by atoms with van der Waals surface area (Å²) in [5.74, 6) is -1.14. The second-order valence-electron chi connectivity index (χ2n) is 16.4. The fourth-order valence-corrected chi connectivity index (χ4v) is 6.26. The van der Waals surface area contributed by atoms with E-state index in [1.54, 1.807) is 0 Å². The molecule has 0 fully saturated rings. The number of ether oxygens (including phenoxy) is 3. The molecular formula is C61H92O6. The predicted molar refractivity (Wildman–Crippen MR) is 288 cm³/mol. The van der Waals surface area contributed by atoms with Crippen molar-refractivity contribution >= 4 is 17.9 Å².